The monoisotopic (exact) mass is 228 g/mol. The minimum atomic E-state index is -4.08. The Morgan fingerprint density at radius 1 is 1.31 bits per heavy atom. The van der Waals surface area contributed by atoms with Crippen molar-refractivity contribution in [1.29, 1.82) is 0 Å². The first kappa shape index (κ1) is 13.5. The van der Waals surface area contributed by atoms with E-state index in [4.69, 9.17) is 14.9 Å². The van der Waals surface area contributed by atoms with Gasteiger partial charge in [-0.1, -0.05) is 13.8 Å². The summed E-state index contributed by atoms with van der Waals surface area (Å²) in [4.78, 5) is 18.3. The standard InChI is InChI=1S/C7H17O4PS/c1-3-7(4-2,12(9,10)11)13-6-5-8/h8H,3-6H2,1-2H3,(H2,9,10,11). The minimum absolute atomic E-state index is 0.0492. The van der Waals surface area contributed by atoms with E-state index < -0.39 is 12.1 Å². The molecule has 80 valence electrons. The maximum Gasteiger partial charge on any atom is 0.341 e. The number of hydrogen-bond acceptors (Lipinski definition) is 3. The van der Waals surface area contributed by atoms with Crippen LogP contribution in [0.5, 0.6) is 0 Å². The summed E-state index contributed by atoms with van der Waals surface area (Å²) < 4.78 is 10.2. The van der Waals surface area contributed by atoms with Gasteiger partial charge in [0.2, 0.25) is 0 Å². The van der Waals surface area contributed by atoms with Gasteiger partial charge < -0.3 is 14.9 Å². The van der Waals surface area contributed by atoms with E-state index in [0.29, 0.717) is 18.6 Å². The van der Waals surface area contributed by atoms with Crippen molar-refractivity contribution < 1.29 is 19.5 Å². The van der Waals surface area contributed by atoms with Gasteiger partial charge in [0.1, 0.15) is 4.49 Å². The van der Waals surface area contributed by atoms with Gasteiger partial charge in [-0.05, 0) is 12.8 Å². The van der Waals surface area contributed by atoms with E-state index in [1.54, 1.807) is 13.8 Å². The molecule has 0 spiro atoms. The third-order valence-electron chi connectivity index (χ3n) is 2.10. The maximum absolute atomic E-state index is 11.2. The van der Waals surface area contributed by atoms with Crippen molar-refractivity contribution in [2.45, 2.75) is 31.2 Å². The molecule has 0 aromatic heterocycles. The van der Waals surface area contributed by atoms with Crippen LogP contribution in [0.4, 0.5) is 0 Å². The van der Waals surface area contributed by atoms with Gasteiger partial charge in [0.15, 0.2) is 0 Å². The molecule has 0 heterocycles. The van der Waals surface area contributed by atoms with Crippen LogP contribution < -0.4 is 0 Å². The molecule has 0 fully saturated rings. The van der Waals surface area contributed by atoms with Crippen LogP contribution in [0.3, 0.4) is 0 Å². The molecule has 0 aliphatic rings. The van der Waals surface area contributed by atoms with E-state index in [1.165, 1.54) is 0 Å². The van der Waals surface area contributed by atoms with Gasteiger partial charge >= 0.3 is 7.60 Å². The van der Waals surface area contributed by atoms with Crippen LogP contribution in [0.25, 0.3) is 0 Å². The Hall–Kier alpha value is 0.460. The first-order valence-corrected chi connectivity index (χ1v) is 6.83. The summed E-state index contributed by atoms with van der Waals surface area (Å²) in [6.07, 6.45) is 0.830. The molecule has 0 rings (SSSR count). The van der Waals surface area contributed by atoms with Crippen LogP contribution in [0.15, 0.2) is 0 Å². The summed E-state index contributed by atoms with van der Waals surface area (Å²) in [7, 11) is -4.08. The van der Waals surface area contributed by atoms with Crippen molar-refractivity contribution in [2.75, 3.05) is 12.4 Å². The second kappa shape index (κ2) is 5.37. The Labute approximate surface area is 82.9 Å². The molecule has 0 atom stereocenters. The molecule has 0 saturated carbocycles. The molecule has 13 heavy (non-hydrogen) atoms. The predicted octanol–water partition coefficient (Wildman–Crippen LogP) is 1.41. The lowest BCUT2D eigenvalue weighted by molar-refractivity contribution is 0.321. The molecule has 0 radical (unpaired) electrons. The molecular formula is C7H17O4PS. The van der Waals surface area contributed by atoms with Gasteiger partial charge in [-0.25, -0.2) is 0 Å². The van der Waals surface area contributed by atoms with Crippen molar-refractivity contribution >= 4 is 19.4 Å². The van der Waals surface area contributed by atoms with Crippen molar-refractivity contribution in [3.8, 4) is 0 Å². The average molecular weight is 228 g/mol. The fourth-order valence-corrected chi connectivity index (χ4v) is 3.84. The summed E-state index contributed by atoms with van der Waals surface area (Å²) in [6.45, 7) is 3.46. The molecule has 0 saturated heterocycles. The highest BCUT2D eigenvalue weighted by atomic mass is 32.2. The van der Waals surface area contributed by atoms with E-state index in [0.717, 1.165) is 11.8 Å². The molecule has 0 unspecified atom stereocenters. The van der Waals surface area contributed by atoms with E-state index in [-0.39, 0.29) is 6.61 Å². The average Bonchev–Trinajstić information content (AvgIpc) is 2.05. The van der Waals surface area contributed by atoms with Crippen molar-refractivity contribution in [3.63, 3.8) is 0 Å². The topological polar surface area (TPSA) is 77.8 Å². The fraction of sp³-hybridized carbons (Fsp3) is 1.00. The number of hydrogen-bond donors (Lipinski definition) is 3. The largest absolute Gasteiger partial charge is 0.396 e. The first-order valence-electron chi connectivity index (χ1n) is 4.24. The zero-order valence-corrected chi connectivity index (χ0v) is 9.64. The van der Waals surface area contributed by atoms with Crippen LogP contribution in [0, 0.1) is 0 Å². The van der Waals surface area contributed by atoms with Crippen molar-refractivity contribution in [3.05, 3.63) is 0 Å². The van der Waals surface area contributed by atoms with E-state index in [9.17, 15) is 4.57 Å². The van der Waals surface area contributed by atoms with Gasteiger partial charge in [0.25, 0.3) is 0 Å². The molecule has 0 aliphatic carbocycles. The smallest absolute Gasteiger partial charge is 0.341 e. The van der Waals surface area contributed by atoms with Gasteiger partial charge in [0, 0.05) is 5.75 Å². The molecule has 0 bridgehead atoms. The highest BCUT2D eigenvalue weighted by Crippen LogP contribution is 2.60. The molecule has 6 heteroatoms. The van der Waals surface area contributed by atoms with Crippen LogP contribution in [-0.2, 0) is 4.57 Å². The zero-order valence-electron chi connectivity index (χ0n) is 7.93. The highest BCUT2D eigenvalue weighted by Gasteiger charge is 2.43. The van der Waals surface area contributed by atoms with Gasteiger partial charge in [-0.3, -0.25) is 4.57 Å². The van der Waals surface area contributed by atoms with Crippen LogP contribution in [0.1, 0.15) is 26.7 Å². The summed E-state index contributed by atoms with van der Waals surface area (Å²) in [5.74, 6) is 0.368. The Kier molecular flexibility index (Phi) is 5.56. The van der Waals surface area contributed by atoms with Gasteiger partial charge in [0.05, 0.1) is 6.61 Å². The highest BCUT2D eigenvalue weighted by molar-refractivity contribution is 8.06. The fourth-order valence-electron chi connectivity index (χ4n) is 1.19. The van der Waals surface area contributed by atoms with E-state index in [1.807, 2.05) is 0 Å². The van der Waals surface area contributed by atoms with Crippen molar-refractivity contribution in [1.82, 2.24) is 0 Å². The molecule has 0 aromatic carbocycles. The quantitative estimate of drug-likeness (QED) is 0.599. The van der Waals surface area contributed by atoms with Gasteiger partial charge in [-0.15, -0.1) is 11.8 Å². The first-order chi connectivity index (χ1) is 5.93. The molecular weight excluding hydrogens is 211 g/mol. The summed E-state index contributed by atoms with van der Waals surface area (Å²) >= 11 is 1.16. The Morgan fingerprint density at radius 3 is 2.00 bits per heavy atom. The summed E-state index contributed by atoms with van der Waals surface area (Å²) in [6, 6.07) is 0. The van der Waals surface area contributed by atoms with Crippen LogP contribution in [-0.4, -0.2) is 31.7 Å². The second-order valence-electron chi connectivity index (χ2n) is 2.77. The zero-order chi connectivity index (χ0) is 10.5. The predicted molar refractivity (Wildman–Crippen MR) is 54.9 cm³/mol. The number of thioether (sulfide) groups is 1. The molecule has 0 aliphatic heterocycles. The lowest BCUT2D eigenvalue weighted by atomic mass is 10.2. The number of rotatable bonds is 6. The summed E-state index contributed by atoms with van der Waals surface area (Å²) in [5, 5.41) is 8.61. The third-order valence-corrected chi connectivity index (χ3v) is 6.39. The summed E-state index contributed by atoms with van der Waals surface area (Å²) in [5.41, 5.74) is 0. The maximum atomic E-state index is 11.2. The number of aliphatic hydroxyl groups is 1. The van der Waals surface area contributed by atoms with Crippen LogP contribution in [0.2, 0.25) is 0 Å². The Morgan fingerprint density at radius 2 is 1.77 bits per heavy atom. The lowest BCUT2D eigenvalue weighted by Gasteiger charge is -2.31. The minimum Gasteiger partial charge on any atom is -0.396 e. The van der Waals surface area contributed by atoms with E-state index >= 15 is 0 Å². The SMILES string of the molecule is CCC(CC)(SCCO)P(=O)(O)O. The normalized spacial score (nSPS) is 13.3. The van der Waals surface area contributed by atoms with E-state index in [2.05, 4.69) is 0 Å². The second-order valence-corrected chi connectivity index (χ2v) is 6.49. The Bertz CT molecular complexity index is 187. The lowest BCUT2D eigenvalue weighted by Crippen LogP contribution is -2.23. The molecule has 4 nitrogen and oxygen atoms in total. The molecule has 0 amide bonds. The third kappa shape index (κ3) is 3.26. The van der Waals surface area contributed by atoms with Crippen LogP contribution >= 0.6 is 19.4 Å². The molecule has 0 aromatic rings. The number of aliphatic hydroxyl groups excluding tert-OH is 1. The Balaban J connectivity index is 4.60. The van der Waals surface area contributed by atoms with Crippen molar-refractivity contribution in [2.24, 2.45) is 0 Å². The van der Waals surface area contributed by atoms with Gasteiger partial charge in [-0.2, -0.15) is 0 Å². The molecule has 3 N–H and O–H groups in total.